The number of hydrogen-bond acceptors (Lipinski definition) is 12. The zero-order valence-electron chi connectivity index (χ0n) is 21.1. The van der Waals surface area contributed by atoms with E-state index >= 15 is 0 Å². The summed E-state index contributed by atoms with van der Waals surface area (Å²) in [6.45, 7) is 8.55. The standard InChI is InChI=1S/C21H34N5O7PS/c1-14(8-26-10-25-15-16(22)23-9-24-17(15)26)31-13-34(35,32-11-29-18(27)20(2,3)4)33-12-30-19(28)21(5,6)7/h9-10,14H,8,11-13H2,1-7H3,(H2,22,23,24)/t14-/m1/s1. The number of imidazole rings is 1. The summed E-state index contributed by atoms with van der Waals surface area (Å²) in [6.07, 6.45) is 2.48. The summed E-state index contributed by atoms with van der Waals surface area (Å²) in [5.74, 6) is -0.629. The van der Waals surface area contributed by atoms with Gasteiger partial charge in [0, 0.05) is 0 Å². The molecule has 0 radical (unpaired) electrons. The third-order valence-electron chi connectivity index (χ3n) is 4.50. The van der Waals surface area contributed by atoms with Crippen LogP contribution < -0.4 is 5.73 Å². The molecule has 14 heteroatoms. The average molecular weight is 532 g/mol. The van der Waals surface area contributed by atoms with Crippen molar-refractivity contribution in [3.8, 4) is 0 Å². The number of nitrogens with two attached hydrogens (primary N) is 1. The Bertz CT molecular complexity index is 1040. The van der Waals surface area contributed by atoms with E-state index in [1.807, 2.05) is 6.92 Å². The highest BCUT2D eigenvalue weighted by molar-refractivity contribution is 8.09. The summed E-state index contributed by atoms with van der Waals surface area (Å²) in [4.78, 5) is 36.5. The Hall–Kier alpha value is -2.18. The molecule has 0 saturated carbocycles. The monoisotopic (exact) mass is 531 g/mol. The number of fused-ring (bicyclic) bond motifs is 1. The molecule has 2 rings (SSSR count). The van der Waals surface area contributed by atoms with Gasteiger partial charge in [-0.3, -0.25) is 18.6 Å². The lowest BCUT2D eigenvalue weighted by molar-refractivity contribution is -0.161. The van der Waals surface area contributed by atoms with E-state index in [-0.39, 0.29) is 18.3 Å². The van der Waals surface area contributed by atoms with E-state index in [4.69, 9.17) is 40.8 Å². The van der Waals surface area contributed by atoms with Crippen molar-refractivity contribution >= 4 is 47.2 Å². The molecule has 0 aliphatic carbocycles. The highest BCUT2D eigenvalue weighted by Gasteiger charge is 2.28. The molecule has 1 atom stereocenters. The van der Waals surface area contributed by atoms with Crippen molar-refractivity contribution in [1.82, 2.24) is 19.5 Å². The molecule has 0 unspecified atom stereocenters. The second-order valence-electron chi connectivity index (χ2n) is 9.90. The Morgan fingerprint density at radius 3 is 2.09 bits per heavy atom. The first kappa shape index (κ1) is 29.1. The van der Waals surface area contributed by atoms with Gasteiger partial charge in [-0.15, -0.1) is 0 Å². The Labute approximate surface area is 210 Å². The maximum absolute atomic E-state index is 12.0. The number of nitrogens with zero attached hydrogens (tertiary/aromatic N) is 4. The van der Waals surface area contributed by atoms with Crippen LogP contribution in [0.2, 0.25) is 0 Å². The number of ether oxygens (including phenoxy) is 3. The Morgan fingerprint density at radius 1 is 1.03 bits per heavy atom. The fourth-order valence-corrected chi connectivity index (χ4v) is 3.97. The topological polar surface area (TPSA) is 150 Å². The van der Waals surface area contributed by atoms with Gasteiger partial charge in [0.25, 0.3) is 0 Å². The number of rotatable bonds is 11. The maximum atomic E-state index is 12.0. The van der Waals surface area contributed by atoms with Crippen LogP contribution in [-0.4, -0.2) is 57.5 Å². The highest BCUT2D eigenvalue weighted by Crippen LogP contribution is 2.49. The minimum Gasteiger partial charge on any atom is -0.438 e. The van der Waals surface area contributed by atoms with Gasteiger partial charge < -0.3 is 24.5 Å². The molecular weight excluding hydrogens is 497 g/mol. The minimum absolute atomic E-state index is 0.118. The van der Waals surface area contributed by atoms with E-state index in [9.17, 15) is 9.59 Å². The Kier molecular flexibility index (Phi) is 9.71. The van der Waals surface area contributed by atoms with E-state index in [1.165, 1.54) is 6.33 Å². The molecule has 35 heavy (non-hydrogen) atoms. The lowest BCUT2D eigenvalue weighted by Crippen LogP contribution is -2.25. The molecule has 0 amide bonds. The van der Waals surface area contributed by atoms with Crippen molar-refractivity contribution in [2.75, 3.05) is 25.7 Å². The Morgan fingerprint density at radius 2 is 1.57 bits per heavy atom. The van der Waals surface area contributed by atoms with Crippen LogP contribution in [0.1, 0.15) is 48.5 Å². The smallest absolute Gasteiger partial charge is 0.313 e. The van der Waals surface area contributed by atoms with Gasteiger partial charge in [0.2, 0.25) is 6.49 Å². The van der Waals surface area contributed by atoms with Gasteiger partial charge in [-0.1, -0.05) is 0 Å². The van der Waals surface area contributed by atoms with E-state index in [0.717, 1.165) is 0 Å². The summed E-state index contributed by atoms with van der Waals surface area (Å²) < 4.78 is 29.2. The fourth-order valence-electron chi connectivity index (χ4n) is 2.45. The van der Waals surface area contributed by atoms with Gasteiger partial charge in [-0.05, 0) is 60.3 Å². The SMILES string of the molecule is C[C@H](Cn1cnc2c(N)ncnc21)OCP(=S)(OCOC(=O)C(C)(C)C)OCOC(=O)C(C)(C)C. The van der Waals surface area contributed by atoms with E-state index in [1.54, 1.807) is 52.4 Å². The number of anilines is 1. The third-order valence-corrected chi connectivity index (χ3v) is 6.92. The molecule has 196 valence electrons. The number of nitrogen functional groups attached to an aromatic ring is 1. The van der Waals surface area contributed by atoms with E-state index < -0.39 is 42.8 Å². The molecule has 2 heterocycles. The van der Waals surface area contributed by atoms with Crippen LogP contribution in [0.15, 0.2) is 12.7 Å². The number of aromatic nitrogens is 4. The molecule has 0 spiro atoms. The van der Waals surface area contributed by atoms with Gasteiger partial charge in [0.05, 0.1) is 29.8 Å². The lowest BCUT2D eigenvalue weighted by Gasteiger charge is -2.25. The number of hydrogen-bond donors (Lipinski definition) is 1. The van der Waals surface area contributed by atoms with Crippen molar-refractivity contribution in [2.45, 2.75) is 61.1 Å². The first-order chi connectivity index (χ1) is 16.1. The van der Waals surface area contributed by atoms with Crippen LogP contribution in [-0.2, 0) is 51.2 Å². The fraction of sp³-hybridized carbons (Fsp3) is 0.667. The molecule has 2 N–H and O–H groups in total. The van der Waals surface area contributed by atoms with Crippen LogP contribution in [0.4, 0.5) is 5.82 Å². The molecule has 0 aromatic carbocycles. The van der Waals surface area contributed by atoms with Crippen LogP contribution >= 0.6 is 6.49 Å². The lowest BCUT2D eigenvalue weighted by atomic mass is 9.98. The summed E-state index contributed by atoms with van der Waals surface area (Å²) in [6, 6.07) is 0. The van der Waals surface area contributed by atoms with E-state index in [2.05, 4.69) is 15.0 Å². The second kappa shape index (κ2) is 11.7. The summed E-state index contributed by atoms with van der Waals surface area (Å²) in [7, 11) is 0. The van der Waals surface area contributed by atoms with Crippen LogP contribution in [0.5, 0.6) is 0 Å². The zero-order chi connectivity index (χ0) is 26.4. The molecule has 0 fully saturated rings. The molecule has 2 aromatic heterocycles. The van der Waals surface area contributed by atoms with Gasteiger partial charge in [-0.25, -0.2) is 15.0 Å². The van der Waals surface area contributed by atoms with Crippen molar-refractivity contribution in [1.29, 1.82) is 0 Å². The van der Waals surface area contributed by atoms with Crippen LogP contribution in [0.3, 0.4) is 0 Å². The molecule has 12 nitrogen and oxygen atoms in total. The third kappa shape index (κ3) is 8.76. The van der Waals surface area contributed by atoms with Crippen LogP contribution in [0.25, 0.3) is 11.2 Å². The second-order valence-corrected chi connectivity index (χ2v) is 13.6. The highest BCUT2D eigenvalue weighted by atomic mass is 32.5. The molecule has 0 saturated heterocycles. The zero-order valence-corrected chi connectivity index (χ0v) is 22.9. The molecule has 0 aliphatic rings. The average Bonchev–Trinajstić information content (AvgIpc) is 3.15. The number of carbonyl (C=O) groups is 2. The first-order valence-electron chi connectivity index (χ1n) is 10.9. The summed E-state index contributed by atoms with van der Waals surface area (Å²) >= 11 is 5.56. The largest absolute Gasteiger partial charge is 0.438 e. The first-order valence-corrected chi connectivity index (χ1v) is 13.7. The molecule has 2 aromatic rings. The van der Waals surface area contributed by atoms with Crippen molar-refractivity contribution in [2.24, 2.45) is 10.8 Å². The number of esters is 2. The minimum atomic E-state index is -3.15. The maximum Gasteiger partial charge on any atom is 0.313 e. The molecular formula is C21H34N5O7PS. The molecule has 0 bridgehead atoms. The predicted molar refractivity (Wildman–Crippen MR) is 132 cm³/mol. The van der Waals surface area contributed by atoms with Gasteiger partial charge in [-0.2, -0.15) is 0 Å². The van der Waals surface area contributed by atoms with Gasteiger partial charge >= 0.3 is 11.9 Å². The quantitative estimate of drug-likeness (QED) is 0.258. The van der Waals surface area contributed by atoms with Crippen molar-refractivity contribution in [3.63, 3.8) is 0 Å². The van der Waals surface area contributed by atoms with Gasteiger partial charge in [0.15, 0.2) is 25.1 Å². The van der Waals surface area contributed by atoms with Crippen molar-refractivity contribution < 1.29 is 32.8 Å². The van der Waals surface area contributed by atoms with Crippen molar-refractivity contribution in [3.05, 3.63) is 12.7 Å². The normalized spacial score (nSPS) is 13.6. The summed E-state index contributed by atoms with van der Waals surface area (Å²) in [5.41, 5.74) is 5.49. The van der Waals surface area contributed by atoms with Gasteiger partial charge in [0.1, 0.15) is 18.2 Å². The number of carbonyl (C=O) groups excluding carboxylic acids is 2. The Balaban J connectivity index is 2.01. The summed E-state index contributed by atoms with van der Waals surface area (Å²) in [5, 5.41) is 0. The van der Waals surface area contributed by atoms with E-state index in [0.29, 0.717) is 17.7 Å². The van der Waals surface area contributed by atoms with Crippen LogP contribution in [0, 0.1) is 10.8 Å². The predicted octanol–water partition coefficient (Wildman–Crippen LogP) is 3.21. The molecule has 0 aliphatic heterocycles.